The normalized spacial score (nSPS) is 20.0. The van der Waals surface area contributed by atoms with E-state index in [0.717, 1.165) is 83.2 Å². The van der Waals surface area contributed by atoms with E-state index in [-0.39, 0.29) is 52.5 Å². The molecule has 2 atom stereocenters. The first-order chi connectivity index (χ1) is 24.9. The largest absolute Gasteiger partial charge is 0.441 e. The number of aromatic nitrogens is 3. The van der Waals surface area contributed by atoms with Gasteiger partial charge in [-0.3, -0.25) is 4.79 Å². The summed E-state index contributed by atoms with van der Waals surface area (Å²) < 4.78 is 26.3. The summed E-state index contributed by atoms with van der Waals surface area (Å²) >= 11 is 6.24. The Balaban J connectivity index is 1.06. The molecule has 3 heterocycles. The van der Waals surface area contributed by atoms with Gasteiger partial charge in [-0.2, -0.15) is 4.98 Å². The fourth-order valence-electron chi connectivity index (χ4n) is 8.64. The maximum atomic E-state index is 14.5. The lowest BCUT2D eigenvalue weighted by Gasteiger charge is -2.47. The zero-order chi connectivity index (χ0) is 37.0. The number of anilines is 1. The molecule has 3 aromatic rings. The van der Waals surface area contributed by atoms with Crippen molar-refractivity contribution < 1.29 is 23.5 Å². The van der Waals surface area contributed by atoms with Crippen LogP contribution < -0.4 is 15.4 Å². The SMILES string of the molecule is CC(C)N(C(=O)c1cc(F)ccc1Oc1nnc(Cl)nc1N1CCC(CN2CCC3(CCC([C@H](OC(N)=O)c4ccccc4)CC3)CC2)C1)C(C)C. The minimum absolute atomic E-state index is 0.000625. The summed E-state index contributed by atoms with van der Waals surface area (Å²) in [4.78, 5) is 36.3. The maximum Gasteiger partial charge on any atom is 0.405 e. The van der Waals surface area contributed by atoms with E-state index in [1.165, 1.54) is 18.2 Å². The third kappa shape index (κ3) is 8.77. The van der Waals surface area contributed by atoms with Crippen molar-refractivity contribution in [1.82, 2.24) is 25.0 Å². The summed E-state index contributed by atoms with van der Waals surface area (Å²) in [7, 11) is 0. The van der Waals surface area contributed by atoms with Crippen LogP contribution in [0.1, 0.15) is 94.7 Å². The average molecular weight is 736 g/mol. The Labute approximate surface area is 311 Å². The average Bonchev–Trinajstić information content (AvgIpc) is 3.58. The fraction of sp³-hybridized carbons (Fsp3) is 0.564. The lowest BCUT2D eigenvalue weighted by Crippen LogP contribution is -2.44. The molecule has 2 saturated heterocycles. The molecule has 6 rings (SSSR count). The topological polar surface area (TPSA) is 127 Å². The Bertz CT molecular complexity index is 1690. The van der Waals surface area contributed by atoms with Crippen LogP contribution in [0.4, 0.5) is 15.0 Å². The number of primary amides is 1. The lowest BCUT2D eigenvalue weighted by molar-refractivity contribution is 0.00271. The van der Waals surface area contributed by atoms with Crippen LogP contribution in [0.5, 0.6) is 11.6 Å². The van der Waals surface area contributed by atoms with Gasteiger partial charge in [0.25, 0.3) is 11.8 Å². The third-order valence-corrected chi connectivity index (χ3v) is 11.4. The van der Waals surface area contributed by atoms with E-state index in [1.54, 1.807) is 4.90 Å². The van der Waals surface area contributed by atoms with E-state index in [9.17, 15) is 14.0 Å². The third-order valence-electron chi connectivity index (χ3n) is 11.2. The summed E-state index contributed by atoms with van der Waals surface area (Å²) in [5.74, 6) is 0.580. The molecular weight excluding hydrogens is 685 g/mol. The fourth-order valence-corrected chi connectivity index (χ4v) is 8.75. The molecule has 52 heavy (non-hydrogen) atoms. The van der Waals surface area contributed by atoms with Crippen molar-refractivity contribution in [2.75, 3.05) is 37.6 Å². The number of carbonyl (C=O) groups is 2. The van der Waals surface area contributed by atoms with Gasteiger partial charge in [0, 0.05) is 37.6 Å². The Hall–Kier alpha value is -4.03. The molecule has 2 aromatic carbocycles. The maximum absolute atomic E-state index is 14.5. The van der Waals surface area contributed by atoms with Gasteiger partial charge in [0.1, 0.15) is 17.7 Å². The number of hydrogen-bond acceptors (Lipinski definition) is 9. The van der Waals surface area contributed by atoms with Crippen LogP contribution >= 0.6 is 11.6 Å². The molecular formula is C39H51ClFN7O4. The van der Waals surface area contributed by atoms with Crippen molar-refractivity contribution in [3.05, 3.63) is 70.8 Å². The Morgan fingerprint density at radius 2 is 1.67 bits per heavy atom. The van der Waals surface area contributed by atoms with Crippen LogP contribution in [-0.4, -0.2) is 81.8 Å². The summed E-state index contributed by atoms with van der Waals surface area (Å²) in [5, 5.41) is 8.16. The molecule has 0 radical (unpaired) electrons. The summed E-state index contributed by atoms with van der Waals surface area (Å²) in [6.07, 6.45) is 6.59. The first-order valence-corrected chi connectivity index (χ1v) is 19.0. The predicted molar refractivity (Wildman–Crippen MR) is 198 cm³/mol. The molecule has 2 amide bonds. The number of rotatable bonds is 11. The van der Waals surface area contributed by atoms with Crippen LogP contribution in [0.2, 0.25) is 5.28 Å². The van der Waals surface area contributed by atoms with Gasteiger partial charge in [0.05, 0.1) is 5.56 Å². The highest BCUT2D eigenvalue weighted by Crippen LogP contribution is 2.50. The molecule has 11 nitrogen and oxygen atoms in total. The number of nitrogens with two attached hydrogens (primary N) is 1. The van der Waals surface area contributed by atoms with E-state index in [4.69, 9.17) is 26.8 Å². The second kappa shape index (κ2) is 16.3. The second-order valence-electron chi connectivity index (χ2n) is 15.4. The highest BCUT2D eigenvalue weighted by atomic mass is 35.5. The number of benzene rings is 2. The van der Waals surface area contributed by atoms with Gasteiger partial charge in [0.2, 0.25) is 5.28 Å². The predicted octanol–water partition coefficient (Wildman–Crippen LogP) is 7.65. The van der Waals surface area contributed by atoms with Gasteiger partial charge >= 0.3 is 6.09 Å². The van der Waals surface area contributed by atoms with Crippen molar-refractivity contribution in [3.8, 4) is 11.6 Å². The van der Waals surface area contributed by atoms with E-state index >= 15 is 0 Å². The van der Waals surface area contributed by atoms with Crippen LogP contribution in [-0.2, 0) is 4.74 Å². The smallest absolute Gasteiger partial charge is 0.405 e. The van der Waals surface area contributed by atoms with Gasteiger partial charge in [-0.25, -0.2) is 9.18 Å². The van der Waals surface area contributed by atoms with Crippen LogP contribution in [0.3, 0.4) is 0 Å². The molecule has 1 aromatic heterocycles. The summed E-state index contributed by atoms with van der Waals surface area (Å²) in [6.45, 7) is 12.3. The monoisotopic (exact) mass is 735 g/mol. The van der Waals surface area contributed by atoms with Crippen molar-refractivity contribution in [1.29, 1.82) is 0 Å². The Kier molecular flexibility index (Phi) is 11.8. The second-order valence-corrected chi connectivity index (χ2v) is 15.7. The molecule has 280 valence electrons. The number of piperidine rings is 1. The summed E-state index contributed by atoms with van der Waals surface area (Å²) in [5.41, 5.74) is 6.92. The number of hydrogen-bond donors (Lipinski definition) is 1. The molecule has 2 N–H and O–H groups in total. The molecule has 1 aliphatic carbocycles. The molecule has 3 aliphatic rings. The highest BCUT2D eigenvalue weighted by Gasteiger charge is 2.41. The highest BCUT2D eigenvalue weighted by molar-refractivity contribution is 6.28. The van der Waals surface area contributed by atoms with E-state index in [0.29, 0.717) is 17.2 Å². The van der Waals surface area contributed by atoms with Gasteiger partial charge in [-0.05, 0) is 132 Å². The van der Waals surface area contributed by atoms with E-state index in [1.807, 2.05) is 58.0 Å². The van der Waals surface area contributed by atoms with Crippen LogP contribution in [0, 0.1) is 23.1 Å². The summed E-state index contributed by atoms with van der Waals surface area (Å²) in [6, 6.07) is 13.7. The van der Waals surface area contributed by atoms with Gasteiger partial charge in [-0.1, -0.05) is 30.3 Å². The minimum atomic E-state index is -0.718. The quantitative estimate of drug-likeness (QED) is 0.211. The number of nitrogens with zero attached hydrogens (tertiary/aromatic N) is 6. The molecule has 3 fully saturated rings. The zero-order valence-electron chi connectivity index (χ0n) is 30.6. The van der Waals surface area contributed by atoms with E-state index < -0.39 is 11.9 Å². The molecule has 13 heteroatoms. The Morgan fingerprint density at radius 3 is 2.33 bits per heavy atom. The number of halogens is 2. The van der Waals surface area contributed by atoms with Gasteiger partial charge in [0.15, 0.2) is 5.82 Å². The zero-order valence-corrected chi connectivity index (χ0v) is 31.4. The van der Waals surface area contributed by atoms with Crippen LogP contribution in [0.25, 0.3) is 0 Å². The van der Waals surface area contributed by atoms with Crippen LogP contribution in [0.15, 0.2) is 48.5 Å². The number of amides is 2. The number of likely N-dealkylation sites (tertiary alicyclic amines) is 1. The van der Waals surface area contributed by atoms with Crippen molar-refractivity contribution in [2.45, 2.75) is 90.8 Å². The van der Waals surface area contributed by atoms with Crippen molar-refractivity contribution in [3.63, 3.8) is 0 Å². The van der Waals surface area contributed by atoms with E-state index in [2.05, 4.69) is 25.0 Å². The van der Waals surface area contributed by atoms with Gasteiger partial charge < -0.3 is 29.9 Å². The molecule has 2 aliphatic heterocycles. The molecule has 0 bridgehead atoms. The molecule has 1 saturated carbocycles. The molecule has 1 unspecified atom stereocenters. The molecule has 1 spiro atoms. The van der Waals surface area contributed by atoms with Crippen molar-refractivity contribution in [2.24, 2.45) is 23.0 Å². The minimum Gasteiger partial charge on any atom is -0.441 e. The number of carbonyl (C=O) groups excluding carboxylic acids is 2. The first-order valence-electron chi connectivity index (χ1n) is 18.6. The van der Waals surface area contributed by atoms with Crippen molar-refractivity contribution >= 4 is 29.4 Å². The first kappa shape index (κ1) is 37.7. The van der Waals surface area contributed by atoms with Gasteiger partial charge in [-0.15, -0.1) is 10.2 Å². The number of ether oxygens (including phenoxy) is 2. The standard InChI is InChI=1S/C39H51ClFN7O4/c1-25(2)48(26(3)4)36(49)31-22-30(41)10-11-32(31)51-35-34(43-37(40)45-44-35)47-19-14-27(24-47)23-46-20-17-39(18-21-46)15-12-29(13-16-39)33(52-38(42)50)28-8-6-5-7-9-28/h5-11,22,25-27,29,33H,12-21,23-24H2,1-4H3,(H2,42,50)/t27?,33-/m1/s1. The Morgan fingerprint density at radius 1 is 0.981 bits per heavy atom. The lowest BCUT2D eigenvalue weighted by atomic mass is 9.64.